The molecule has 0 aromatic heterocycles. The third-order valence-electron chi connectivity index (χ3n) is 3.74. The van der Waals surface area contributed by atoms with E-state index in [1.54, 1.807) is 24.3 Å². The van der Waals surface area contributed by atoms with Crippen molar-refractivity contribution in [3.05, 3.63) is 29.8 Å². The van der Waals surface area contributed by atoms with Crippen LogP contribution in [0.1, 0.15) is 18.4 Å². The van der Waals surface area contributed by atoms with E-state index in [0.717, 1.165) is 12.8 Å². The van der Waals surface area contributed by atoms with E-state index in [0.29, 0.717) is 24.5 Å². The van der Waals surface area contributed by atoms with Crippen LogP contribution in [-0.2, 0) is 14.8 Å². The number of amides is 1. The highest BCUT2D eigenvalue weighted by Crippen LogP contribution is 2.29. The summed E-state index contributed by atoms with van der Waals surface area (Å²) in [5.74, 6) is -0.155. The lowest BCUT2D eigenvalue weighted by atomic mass is 9.97. The summed E-state index contributed by atoms with van der Waals surface area (Å²) in [7, 11) is -3.61. The van der Waals surface area contributed by atoms with Crippen molar-refractivity contribution in [2.75, 3.05) is 13.1 Å². The number of rotatable bonds is 1. The van der Waals surface area contributed by atoms with Crippen LogP contribution in [0.25, 0.3) is 0 Å². The molecule has 0 bridgehead atoms. The number of fused-ring (bicyclic) bond motifs is 1. The van der Waals surface area contributed by atoms with Gasteiger partial charge in [-0.1, -0.05) is 12.1 Å². The monoisotopic (exact) mass is 293 g/mol. The van der Waals surface area contributed by atoms with Crippen LogP contribution in [0.3, 0.4) is 0 Å². The van der Waals surface area contributed by atoms with Gasteiger partial charge in [-0.25, -0.2) is 0 Å². The highest BCUT2D eigenvalue weighted by Gasteiger charge is 2.34. The molecule has 0 spiro atoms. The molecule has 1 saturated heterocycles. The predicted octanol–water partition coefficient (Wildman–Crippen LogP) is 0.333. The van der Waals surface area contributed by atoms with E-state index < -0.39 is 10.0 Å². The number of likely N-dealkylation sites (tertiary alicyclic amines) is 1. The van der Waals surface area contributed by atoms with Gasteiger partial charge in [0.15, 0.2) is 5.84 Å². The molecule has 0 aliphatic carbocycles. The van der Waals surface area contributed by atoms with E-state index in [1.165, 1.54) is 0 Å². The normalized spacial score (nSPS) is 24.1. The second-order valence-electron chi connectivity index (χ2n) is 5.07. The van der Waals surface area contributed by atoms with E-state index >= 15 is 0 Å². The first kappa shape index (κ1) is 13.1. The van der Waals surface area contributed by atoms with Gasteiger partial charge in [-0.15, -0.1) is 4.40 Å². The van der Waals surface area contributed by atoms with Gasteiger partial charge < -0.3 is 10.6 Å². The molecule has 2 heterocycles. The number of primary amides is 1. The van der Waals surface area contributed by atoms with E-state index in [2.05, 4.69) is 4.40 Å². The standard InChI is InChI=1S/C13H15N3O3S/c14-12(17)9-4-3-7-16(8-9)13-10-5-1-2-6-11(10)20(18,19)15-13/h1-2,5-6,9H,3-4,7-8H2,(H2,14,17)/t9-/m0/s1. The molecule has 0 unspecified atom stereocenters. The zero-order valence-electron chi connectivity index (χ0n) is 10.8. The minimum absolute atomic E-state index is 0.233. The molecule has 2 N–H and O–H groups in total. The summed E-state index contributed by atoms with van der Waals surface area (Å²) < 4.78 is 27.9. The second-order valence-corrected chi connectivity index (χ2v) is 6.65. The Balaban J connectivity index is 1.97. The largest absolute Gasteiger partial charge is 0.369 e. The molecule has 2 aliphatic heterocycles. The van der Waals surface area contributed by atoms with Gasteiger partial charge in [-0.3, -0.25) is 4.79 Å². The third kappa shape index (κ3) is 2.07. The Bertz CT molecular complexity index is 697. The van der Waals surface area contributed by atoms with Crippen LogP contribution in [0.4, 0.5) is 0 Å². The van der Waals surface area contributed by atoms with Crippen LogP contribution in [0, 0.1) is 5.92 Å². The summed E-state index contributed by atoms with van der Waals surface area (Å²) in [6.07, 6.45) is 1.54. The van der Waals surface area contributed by atoms with Crippen molar-refractivity contribution < 1.29 is 13.2 Å². The fourth-order valence-corrected chi connectivity index (χ4v) is 3.95. The molecule has 3 rings (SSSR count). The summed E-state index contributed by atoms with van der Waals surface area (Å²) in [5.41, 5.74) is 5.96. The maximum absolute atomic E-state index is 12.0. The SMILES string of the molecule is NC(=O)[C@H]1CCCN(C2=NS(=O)(=O)c3ccccc32)C1. The van der Waals surface area contributed by atoms with Crippen LogP contribution >= 0.6 is 0 Å². The van der Waals surface area contributed by atoms with Crippen molar-refractivity contribution in [2.45, 2.75) is 17.7 Å². The van der Waals surface area contributed by atoms with Crippen molar-refractivity contribution >= 4 is 21.8 Å². The minimum Gasteiger partial charge on any atom is -0.369 e. The Morgan fingerprint density at radius 3 is 2.85 bits per heavy atom. The fraction of sp³-hybridized carbons (Fsp3) is 0.385. The van der Waals surface area contributed by atoms with Gasteiger partial charge in [-0.2, -0.15) is 8.42 Å². The number of benzene rings is 1. The number of nitrogens with zero attached hydrogens (tertiary/aromatic N) is 2. The number of carbonyl (C=O) groups excluding carboxylic acids is 1. The van der Waals surface area contributed by atoms with E-state index in [9.17, 15) is 13.2 Å². The average Bonchev–Trinajstić information content (AvgIpc) is 2.72. The zero-order valence-corrected chi connectivity index (χ0v) is 11.6. The number of piperidine rings is 1. The summed E-state index contributed by atoms with van der Waals surface area (Å²) in [5, 5.41) is 0. The Morgan fingerprint density at radius 1 is 1.35 bits per heavy atom. The first-order valence-electron chi connectivity index (χ1n) is 6.48. The topological polar surface area (TPSA) is 92.8 Å². The molecule has 106 valence electrons. The Labute approximate surface area is 117 Å². The highest BCUT2D eigenvalue weighted by molar-refractivity contribution is 7.90. The van der Waals surface area contributed by atoms with Gasteiger partial charge >= 0.3 is 0 Å². The van der Waals surface area contributed by atoms with Crippen LogP contribution in [0.15, 0.2) is 33.6 Å². The Hall–Kier alpha value is -1.89. The van der Waals surface area contributed by atoms with Crippen LogP contribution in [0.2, 0.25) is 0 Å². The summed E-state index contributed by atoms with van der Waals surface area (Å²) in [6, 6.07) is 6.76. The molecule has 2 aliphatic rings. The van der Waals surface area contributed by atoms with E-state index in [1.807, 2.05) is 4.90 Å². The number of amidine groups is 1. The molecule has 0 saturated carbocycles. The highest BCUT2D eigenvalue weighted by atomic mass is 32.2. The zero-order chi connectivity index (χ0) is 14.3. The molecule has 1 atom stereocenters. The van der Waals surface area contributed by atoms with Crippen LogP contribution in [-0.4, -0.2) is 38.2 Å². The van der Waals surface area contributed by atoms with Crippen LogP contribution < -0.4 is 5.73 Å². The molecule has 0 radical (unpaired) electrons. The molecular weight excluding hydrogens is 278 g/mol. The smallest absolute Gasteiger partial charge is 0.285 e. The van der Waals surface area contributed by atoms with Gasteiger partial charge in [-0.05, 0) is 25.0 Å². The quantitative estimate of drug-likeness (QED) is 0.807. The van der Waals surface area contributed by atoms with Crippen LogP contribution in [0.5, 0.6) is 0 Å². The van der Waals surface area contributed by atoms with Crippen molar-refractivity contribution in [2.24, 2.45) is 16.0 Å². The Morgan fingerprint density at radius 2 is 2.10 bits per heavy atom. The van der Waals surface area contributed by atoms with Crippen molar-refractivity contribution in [1.82, 2.24) is 4.90 Å². The molecule has 20 heavy (non-hydrogen) atoms. The van der Waals surface area contributed by atoms with Crippen molar-refractivity contribution in [3.63, 3.8) is 0 Å². The maximum atomic E-state index is 12.0. The molecule has 1 aromatic rings. The minimum atomic E-state index is -3.61. The van der Waals surface area contributed by atoms with E-state index in [-0.39, 0.29) is 16.7 Å². The molecule has 1 amide bonds. The molecule has 1 aromatic carbocycles. The van der Waals surface area contributed by atoms with E-state index in [4.69, 9.17) is 5.73 Å². The summed E-state index contributed by atoms with van der Waals surface area (Å²) >= 11 is 0. The molecule has 6 nitrogen and oxygen atoms in total. The number of carbonyl (C=O) groups is 1. The molecule has 7 heteroatoms. The maximum Gasteiger partial charge on any atom is 0.285 e. The number of nitrogens with two attached hydrogens (primary N) is 1. The third-order valence-corrected chi connectivity index (χ3v) is 5.06. The van der Waals surface area contributed by atoms with Gasteiger partial charge in [0.25, 0.3) is 10.0 Å². The van der Waals surface area contributed by atoms with Gasteiger partial charge in [0.2, 0.25) is 5.91 Å². The summed E-state index contributed by atoms with van der Waals surface area (Å²) in [4.78, 5) is 13.4. The van der Waals surface area contributed by atoms with Crippen molar-refractivity contribution in [1.29, 1.82) is 0 Å². The molecule has 1 fully saturated rings. The lowest BCUT2D eigenvalue weighted by Gasteiger charge is -2.32. The molecular formula is C13H15N3O3S. The first-order valence-corrected chi connectivity index (χ1v) is 7.92. The fourth-order valence-electron chi connectivity index (χ4n) is 2.72. The van der Waals surface area contributed by atoms with Gasteiger partial charge in [0, 0.05) is 18.7 Å². The number of hydrogen-bond donors (Lipinski definition) is 1. The van der Waals surface area contributed by atoms with Gasteiger partial charge in [0.1, 0.15) is 4.90 Å². The Kier molecular flexibility index (Phi) is 3.01. The average molecular weight is 293 g/mol. The predicted molar refractivity (Wildman–Crippen MR) is 73.7 cm³/mol. The van der Waals surface area contributed by atoms with Gasteiger partial charge in [0.05, 0.1) is 5.92 Å². The number of sulfonamides is 1. The second kappa shape index (κ2) is 4.59. The lowest BCUT2D eigenvalue weighted by molar-refractivity contribution is -0.122. The first-order chi connectivity index (χ1) is 9.49. The lowest BCUT2D eigenvalue weighted by Crippen LogP contribution is -2.44. The van der Waals surface area contributed by atoms with Crippen molar-refractivity contribution in [3.8, 4) is 0 Å². The summed E-state index contributed by atoms with van der Waals surface area (Å²) in [6.45, 7) is 1.12. The number of hydrogen-bond acceptors (Lipinski definition) is 4.